The van der Waals surface area contributed by atoms with Gasteiger partial charge in [-0.05, 0) is 43.0 Å². The van der Waals surface area contributed by atoms with Gasteiger partial charge in [-0.25, -0.2) is 9.97 Å². The van der Waals surface area contributed by atoms with Gasteiger partial charge in [0.2, 0.25) is 0 Å². The largest absolute Gasteiger partial charge is 0.367 e. The highest BCUT2D eigenvalue weighted by Gasteiger charge is 2.21. The van der Waals surface area contributed by atoms with Gasteiger partial charge >= 0.3 is 0 Å². The van der Waals surface area contributed by atoms with Gasteiger partial charge in [-0.15, -0.1) is 11.3 Å². The van der Waals surface area contributed by atoms with Crippen LogP contribution in [0.25, 0.3) is 10.2 Å². The molecule has 2 aromatic heterocycles. The molecule has 0 amide bonds. The van der Waals surface area contributed by atoms with Crippen LogP contribution in [0.5, 0.6) is 0 Å². The minimum Gasteiger partial charge on any atom is -0.367 e. The van der Waals surface area contributed by atoms with Crippen molar-refractivity contribution in [2.45, 2.75) is 51.5 Å². The monoisotopic (exact) mass is 275 g/mol. The lowest BCUT2D eigenvalue weighted by molar-refractivity contribution is 0.318. The summed E-state index contributed by atoms with van der Waals surface area (Å²) in [4.78, 5) is 9.79. The first kappa shape index (κ1) is 12.9. The van der Waals surface area contributed by atoms with E-state index in [1.54, 1.807) is 17.7 Å². The summed E-state index contributed by atoms with van der Waals surface area (Å²) in [7, 11) is 0. The summed E-state index contributed by atoms with van der Waals surface area (Å²) < 4.78 is 0. The summed E-state index contributed by atoms with van der Waals surface area (Å²) in [5, 5.41) is 6.88. The standard InChI is InChI=1S/C15H21N3S/c1-2-3-11-4-6-12(7-5-11)18-14-13-8-9-19-15(13)17-10-16-14/h8-12H,2-7H2,1H3,(H,16,17,18). The van der Waals surface area contributed by atoms with E-state index in [0.29, 0.717) is 6.04 Å². The molecule has 1 N–H and O–H groups in total. The van der Waals surface area contributed by atoms with Crippen molar-refractivity contribution in [3.8, 4) is 0 Å². The summed E-state index contributed by atoms with van der Waals surface area (Å²) in [5.41, 5.74) is 0. The maximum atomic E-state index is 4.41. The van der Waals surface area contributed by atoms with Crippen molar-refractivity contribution < 1.29 is 0 Å². The Kier molecular flexibility index (Phi) is 3.97. The molecule has 2 heterocycles. The van der Waals surface area contributed by atoms with E-state index in [1.807, 2.05) is 0 Å². The third-order valence-corrected chi connectivity index (χ3v) is 4.97. The lowest BCUT2D eigenvalue weighted by Gasteiger charge is -2.29. The number of nitrogens with one attached hydrogen (secondary N) is 1. The second-order valence-electron chi connectivity index (χ2n) is 5.51. The summed E-state index contributed by atoms with van der Waals surface area (Å²) in [6.45, 7) is 2.29. The third kappa shape index (κ3) is 2.89. The van der Waals surface area contributed by atoms with Gasteiger partial charge in [-0.3, -0.25) is 0 Å². The van der Waals surface area contributed by atoms with E-state index >= 15 is 0 Å². The zero-order chi connectivity index (χ0) is 13.1. The Hall–Kier alpha value is -1.16. The minimum absolute atomic E-state index is 0.589. The molecule has 0 atom stereocenters. The third-order valence-electron chi connectivity index (χ3n) is 4.15. The first-order valence-electron chi connectivity index (χ1n) is 7.31. The van der Waals surface area contributed by atoms with Crippen LogP contribution < -0.4 is 5.32 Å². The molecule has 1 saturated carbocycles. The van der Waals surface area contributed by atoms with Gasteiger partial charge in [0.25, 0.3) is 0 Å². The van der Waals surface area contributed by atoms with Gasteiger partial charge in [0, 0.05) is 6.04 Å². The molecule has 4 heteroatoms. The Balaban J connectivity index is 1.65. The molecule has 0 unspecified atom stereocenters. The Bertz CT molecular complexity index is 529. The molecule has 102 valence electrons. The fraction of sp³-hybridized carbons (Fsp3) is 0.600. The van der Waals surface area contributed by atoms with E-state index in [0.717, 1.165) is 16.6 Å². The van der Waals surface area contributed by atoms with Crippen LogP contribution in [0.1, 0.15) is 45.4 Å². The first-order valence-corrected chi connectivity index (χ1v) is 8.19. The van der Waals surface area contributed by atoms with Crippen molar-refractivity contribution in [3.05, 3.63) is 17.8 Å². The molecule has 19 heavy (non-hydrogen) atoms. The van der Waals surface area contributed by atoms with Crippen LogP contribution >= 0.6 is 11.3 Å². The Morgan fingerprint density at radius 1 is 1.26 bits per heavy atom. The number of rotatable bonds is 4. The maximum absolute atomic E-state index is 4.41. The highest BCUT2D eigenvalue weighted by atomic mass is 32.1. The lowest BCUT2D eigenvalue weighted by atomic mass is 9.83. The van der Waals surface area contributed by atoms with Gasteiger partial charge in [0.05, 0.1) is 5.39 Å². The minimum atomic E-state index is 0.589. The van der Waals surface area contributed by atoms with Crippen LogP contribution in [-0.4, -0.2) is 16.0 Å². The number of fused-ring (bicyclic) bond motifs is 1. The van der Waals surface area contributed by atoms with Crippen LogP contribution in [0, 0.1) is 5.92 Å². The Morgan fingerprint density at radius 2 is 2.11 bits per heavy atom. The number of aromatic nitrogens is 2. The van der Waals surface area contributed by atoms with E-state index in [1.165, 1.54) is 43.9 Å². The second-order valence-corrected chi connectivity index (χ2v) is 6.41. The number of anilines is 1. The second kappa shape index (κ2) is 5.87. The van der Waals surface area contributed by atoms with Gasteiger partial charge < -0.3 is 5.32 Å². The van der Waals surface area contributed by atoms with Crippen molar-refractivity contribution >= 4 is 27.4 Å². The molecule has 1 aliphatic carbocycles. The predicted molar refractivity (Wildman–Crippen MR) is 81.7 cm³/mol. The first-order chi connectivity index (χ1) is 9.36. The average molecular weight is 275 g/mol. The van der Waals surface area contributed by atoms with Gasteiger partial charge in [0.15, 0.2) is 0 Å². The SMILES string of the molecule is CCCC1CCC(Nc2ncnc3sccc23)CC1. The van der Waals surface area contributed by atoms with Crippen LogP contribution in [0.15, 0.2) is 17.8 Å². The summed E-state index contributed by atoms with van der Waals surface area (Å²) >= 11 is 1.68. The molecule has 0 saturated heterocycles. The molecule has 0 bridgehead atoms. The van der Waals surface area contributed by atoms with E-state index in [4.69, 9.17) is 0 Å². The van der Waals surface area contributed by atoms with Crippen molar-refractivity contribution in [1.29, 1.82) is 0 Å². The summed E-state index contributed by atoms with van der Waals surface area (Å²) in [6.07, 6.45) is 9.68. The summed E-state index contributed by atoms with van der Waals surface area (Å²) in [5.74, 6) is 1.97. The van der Waals surface area contributed by atoms with E-state index in [2.05, 4.69) is 33.7 Å². The molecule has 1 aliphatic rings. The normalized spacial score (nSPS) is 23.6. The van der Waals surface area contributed by atoms with E-state index < -0.39 is 0 Å². The Morgan fingerprint density at radius 3 is 2.89 bits per heavy atom. The summed E-state index contributed by atoms with van der Waals surface area (Å²) in [6, 6.07) is 2.71. The lowest BCUT2D eigenvalue weighted by Crippen LogP contribution is -2.26. The molecule has 0 spiro atoms. The fourth-order valence-electron chi connectivity index (χ4n) is 3.10. The van der Waals surface area contributed by atoms with Crippen LogP contribution in [0.2, 0.25) is 0 Å². The van der Waals surface area contributed by atoms with Crippen molar-refractivity contribution in [2.75, 3.05) is 5.32 Å². The highest BCUT2D eigenvalue weighted by molar-refractivity contribution is 7.16. The molecular formula is C15H21N3S. The van der Waals surface area contributed by atoms with Gasteiger partial charge in [0.1, 0.15) is 17.0 Å². The topological polar surface area (TPSA) is 37.8 Å². The van der Waals surface area contributed by atoms with Crippen LogP contribution in [0.4, 0.5) is 5.82 Å². The molecular weight excluding hydrogens is 254 g/mol. The van der Waals surface area contributed by atoms with E-state index in [9.17, 15) is 0 Å². The van der Waals surface area contributed by atoms with Crippen LogP contribution in [-0.2, 0) is 0 Å². The molecule has 3 rings (SSSR count). The van der Waals surface area contributed by atoms with Crippen molar-refractivity contribution in [1.82, 2.24) is 9.97 Å². The molecule has 3 nitrogen and oxygen atoms in total. The number of hydrogen-bond donors (Lipinski definition) is 1. The van der Waals surface area contributed by atoms with Gasteiger partial charge in [-0.2, -0.15) is 0 Å². The maximum Gasteiger partial charge on any atom is 0.138 e. The number of thiophene rings is 1. The number of nitrogens with zero attached hydrogens (tertiary/aromatic N) is 2. The van der Waals surface area contributed by atoms with Crippen LogP contribution in [0.3, 0.4) is 0 Å². The predicted octanol–water partition coefficient (Wildman–Crippen LogP) is 4.46. The fourth-order valence-corrected chi connectivity index (χ4v) is 3.83. The van der Waals surface area contributed by atoms with Crippen molar-refractivity contribution in [3.63, 3.8) is 0 Å². The molecule has 1 fully saturated rings. The highest BCUT2D eigenvalue weighted by Crippen LogP contribution is 2.31. The molecule has 0 aliphatic heterocycles. The zero-order valence-corrected chi connectivity index (χ0v) is 12.2. The smallest absolute Gasteiger partial charge is 0.138 e. The zero-order valence-electron chi connectivity index (χ0n) is 11.4. The number of hydrogen-bond acceptors (Lipinski definition) is 4. The average Bonchev–Trinajstić information content (AvgIpc) is 2.91. The Labute approximate surface area is 118 Å². The molecule has 2 aromatic rings. The molecule has 0 aromatic carbocycles. The molecule has 0 radical (unpaired) electrons. The van der Waals surface area contributed by atoms with Gasteiger partial charge in [-0.1, -0.05) is 19.8 Å². The quantitative estimate of drug-likeness (QED) is 0.895. The van der Waals surface area contributed by atoms with E-state index in [-0.39, 0.29) is 0 Å². The van der Waals surface area contributed by atoms with Crippen molar-refractivity contribution in [2.24, 2.45) is 5.92 Å².